The summed E-state index contributed by atoms with van der Waals surface area (Å²) in [5.74, 6) is 1.23. The Balaban J connectivity index is 3.70. The predicted octanol–water partition coefficient (Wildman–Crippen LogP) is 1.14. The van der Waals surface area contributed by atoms with E-state index in [1.807, 2.05) is 0 Å². The summed E-state index contributed by atoms with van der Waals surface area (Å²) in [5, 5.41) is 0. The van der Waals surface area contributed by atoms with Crippen LogP contribution in [0, 0.1) is 18.3 Å². The van der Waals surface area contributed by atoms with Crippen LogP contribution in [-0.4, -0.2) is 25.2 Å². The van der Waals surface area contributed by atoms with Crippen LogP contribution in [-0.2, 0) is 19.1 Å². The van der Waals surface area contributed by atoms with E-state index < -0.39 is 0 Å². The lowest BCUT2D eigenvalue weighted by Crippen LogP contribution is -2.16. The van der Waals surface area contributed by atoms with E-state index in [2.05, 4.69) is 10.7 Å². The zero-order valence-electron chi connectivity index (χ0n) is 9.12. The fourth-order valence-corrected chi connectivity index (χ4v) is 0.931. The van der Waals surface area contributed by atoms with Gasteiger partial charge in [0, 0.05) is 6.42 Å². The summed E-state index contributed by atoms with van der Waals surface area (Å²) < 4.78 is 9.45. The van der Waals surface area contributed by atoms with Gasteiger partial charge in [-0.2, -0.15) is 0 Å². The molecule has 0 heterocycles. The maximum atomic E-state index is 11.2. The van der Waals surface area contributed by atoms with Crippen LogP contribution in [0.5, 0.6) is 0 Å². The van der Waals surface area contributed by atoms with Crippen LogP contribution in [0.4, 0.5) is 0 Å². The van der Waals surface area contributed by atoms with Crippen molar-refractivity contribution in [2.24, 2.45) is 5.92 Å². The first kappa shape index (κ1) is 13.5. The first-order valence-electron chi connectivity index (χ1n) is 4.87. The largest absolute Gasteiger partial charge is 0.466 e. The summed E-state index contributed by atoms with van der Waals surface area (Å²) in [7, 11) is 0. The molecule has 15 heavy (non-hydrogen) atoms. The number of esters is 2. The Morgan fingerprint density at radius 1 is 1.40 bits per heavy atom. The number of carbonyl (C=O) groups excluding carboxylic acids is 2. The van der Waals surface area contributed by atoms with Gasteiger partial charge in [-0.15, -0.1) is 6.42 Å². The molecular weight excluding hydrogens is 196 g/mol. The summed E-state index contributed by atoms with van der Waals surface area (Å²) in [6.45, 7) is 3.79. The molecule has 0 aromatic heterocycles. The van der Waals surface area contributed by atoms with Crippen molar-refractivity contribution in [1.82, 2.24) is 0 Å². The van der Waals surface area contributed by atoms with Crippen molar-refractivity contribution in [1.29, 1.82) is 0 Å². The average Bonchev–Trinajstić information content (AvgIpc) is 2.23. The zero-order chi connectivity index (χ0) is 11.7. The van der Waals surface area contributed by atoms with E-state index in [0.29, 0.717) is 13.0 Å². The van der Waals surface area contributed by atoms with Crippen LogP contribution < -0.4 is 0 Å². The summed E-state index contributed by atoms with van der Waals surface area (Å²) in [4.78, 5) is 22.2. The number of hydrogen-bond donors (Lipinski definition) is 0. The highest BCUT2D eigenvalue weighted by Crippen LogP contribution is 2.08. The third kappa shape index (κ3) is 6.55. The first-order valence-corrected chi connectivity index (χ1v) is 4.87. The van der Waals surface area contributed by atoms with E-state index in [1.54, 1.807) is 13.8 Å². The molecule has 0 fully saturated rings. The lowest BCUT2D eigenvalue weighted by atomic mass is 10.1. The number of ether oxygens (including phenoxy) is 2. The molecule has 0 aromatic rings. The number of rotatable bonds is 6. The Kier molecular flexibility index (Phi) is 7.08. The highest BCUT2D eigenvalue weighted by atomic mass is 16.5. The van der Waals surface area contributed by atoms with Crippen molar-refractivity contribution in [2.45, 2.75) is 26.7 Å². The molecular formula is C11H16O4. The summed E-state index contributed by atoms with van der Waals surface area (Å²) >= 11 is 0. The molecule has 0 spiro atoms. The van der Waals surface area contributed by atoms with Crippen molar-refractivity contribution in [3.8, 4) is 12.3 Å². The Morgan fingerprint density at radius 3 is 2.60 bits per heavy atom. The van der Waals surface area contributed by atoms with Gasteiger partial charge < -0.3 is 9.47 Å². The smallest absolute Gasteiger partial charge is 0.308 e. The summed E-state index contributed by atoms with van der Waals surface area (Å²) in [5.41, 5.74) is 0. The second-order valence-electron chi connectivity index (χ2n) is 3.06. The monoisotopic (exact) mass is 212 g/mol. The normalized spacial score (nSPS) is 11.3. The minimum absolute atomic E-state index is 0.0212. The van der Waals surface area contributed by atoms with E-state index in [9.17, 15) is 9.59 Å². The fraction of sp³-hybridized carbons (Fsp3) is 0.636. The second kappa shape index (κ2) is 7.86. The second-order valence-corrected chi connectivity index (χ2v) is 3.06. The van der Waals surface area contributed by atoms with Crippen LogP contribution in [0.1, 0.15) is 26.7 Å². The Hall–Kier alpha value is -1.50. The third-order valence-electron chi connectivity index (χ3n) is 1.79. The Labute approximate surface area is 89.9 Å². The number of hydrogen-bond acceptors (Lipinski definition) is 4. The van der Waals surface area contributed by atoms with Gasteiger partial charge in [0.2, 0.25) is 0 Å². The molecule has 0 bridgehead atoms. The van der Waals surface area contributed by atoms with E-state index in [0.717, 1.165) is 0 Å². The van der Waals surface area contributed by atoms with Gasteiger partial charge in [-0.05, 0) is 13.3 Å². The van der Waals surface area contributed by atoms with Crippen LogP contribution in [0.2, 0.25) is 0 Å². The maximum Gasteiger partial charge on any atom is 0.308 e. The molecule has 0 aromatic carbocycles. The molecule has 0 aliphatic heterocycles. The highest BCUT2D eigenvalue weighted by molar-refractivity contribution is 5.74. The van der Waals surface area contributed by atoms with Gasteiger partial charge in [0.1, 0.15) is 0 Å². The third-order valence-corrected chi connectivity index (χ3v) is 1.79. The van der Waals surface area contributed by atoms with Crippen molar-refractivity contribution in [2.75, 3.05) is 13.2 Å². The van der Waals surface area contributed by atoms with E-state index in [4.69, 9.17) is 11.2 Å². The fourth-order valence-electron chi connectivity index (χ4n) is 0.931. The summed E-state index contributed by atoms with van der Waals surface area (Å²) in [6.07, 6.45) is 5.52. The first-order chi connectivity index (χ1) is 7.11. The molecule has 0 radical (unpaired) electrons. The van der Waals surface area contributed by atoms with Crippen LogP contribution in [0.3, 0.4) is 0 Å². The molecule has 1 atom stereocenters. The minimum Gasteiger partial charge on any atom is -0.466 e. The topological polar surface area (TPSA) is 52.6 Å². The quantitative estimate of drug-likeness (QED) is 0.489. The van der Waals surface area contributed by atoms with Crippen molar-refractivity contribution in [3.63, 3.8) is 0 Å². The Bertz CT molecular complexity index is 252. The van der Waals surface area contributed by atoms with Gasteiger partial charge in [-0.1, -0.05) is 12.8 Å². The van der Waals surface area contributed by atoms with Gasteiger partial charge in [0.25, 0.3) is 0 Å². The van der Waals surface area contributed by atoms with Gasteiger partial charge in [0.15, 0.2) is 6.61 Å². The molecule has 0 saturated carbocycles. The van der Waals surface area contributed by atoms with E-state index in [-0.39, 0.29) is 30.9 Å². The van der Waals surface area contributed by atoms with Crippen molar-refractivity contribution < 1.29 is 19.1 Å². The zero-order valence-corrected chi connectivity index (χ0v) is 9.12. The molecule has 0 aliphatic rings. The lowest BCUT2D eigenvalue weighted by molar-refractivity contribution is -0.148. The van der Waals surface area contributed by atoms with Gasteiger partial charge in [-0.25, -0.2) is 0 Å². The van der Waals surface area contributed by atoms with E-state index >= 15 is 0 Å². The standard InChI is InChI=1S/C11H16O4/c1-4-8-15-10(12)7-6-9(3)11(13)14-5-2/h1,9H,5-8H2,2-3H3. The maximum absolute atomic E-state index is 11.2. The van der Waals surface area contributed by atoms with Gasteiger partial charge in [-0.3, -0.25) is 9.59 Å². The van der Waals surface area contributed by atoms with Gasteiger partial charge in [0.05, 0.1) is 12.5 Å². The summed E-state index contributed by atoms with van der Waals surface area (Å²) in [6, 6.07) is 0. The molecule has 0 N–H and O–H groups in total. The minimum atomic E-state index is -0.385. The van der Waals surface area contributed by atoms with Crippen molar-refractivity contribution >= 4 is 11.9 Å². The molecule has 84 valence electrons. The lowest BCUT2D eigenvalue weighted by Gasteiger charge is -2.09. The van der Waals surface area contributed by atoms with Crippen LogP contribution in [0.25, 0.3) is 0 Å². The van der Waals surface area contributed by atoms with Crippen LogP contribution in [0.15, 0.2) is 0 Å². The van der Waals surface area contributed by atoms with Crippen LogP contribution >= 0.6 is 0 Å². The average molecular weight is 212 g/mol. The molecule has 4 nitrogen and oxygen atoms in total. The highest BCUT2D eigenvalue weighted by Gasteiger charge is 2.15. The molecule has 4 heteroatoms. The molecule has 0 saturated heterocycles. The Morgan fingerprint density at radius 2 is 2.07 bits per heavy atom. The number of terminal acetylenes is 1. The molecule has 0 aliphatic carbocycles. The molecule has 0 amide bonds. The SMILES string of the molecule is C#CCOC(=O)CCC(C)C(=O)OCC. The predicted molar refractivity (Wildman–Crippen MR) is 54.8 cm³/mol. The number of carbonyl (C=O) groups is 2. The molecule has 1 unspecified atom stereocenters. The van der Waals surface area contributed by atoms with E-state index in [1.165, 1.54) is 0 Å². The molecule has 0 rings (SSSR count). The van der Waals surface area contributed by atoms with Gasteiger partial charge >= 0.3 is 11.9 Å². The van der Waals surface area contributed by atoms with Crippen molar-refractivity contribution in [3.05, 3.63) is 0 Å².